The molecule has 1 atom stereocenters. The number of aromatic nitrogens is 1. The van der Waals surface area contributed by atoms with Crippen molar-refractivity contribution in [1.82, 2.24) is 4.98 Å². The summed E-state index contributed by atoms with van der Waals surface area (Å²) in [5.74, 6) is -0.980. The number of likely N-dealkylation sites (N-methyl/N-ethyl adjacent to an activating group) is 2. The summed E-state index contributed by atoms with van der Waals surface area (Å²) in [6.07, 6.45) is 10.1. The van der Waals surface area contributed by atoms with Crippen LogP contribution in [0.4, 0.5) is 11.4 Å². The van der Waals surface area contributed by atoms with Crippen molar-refractivity contribution in [1.29, 1.82) is 0 Å². The van der Waals surface area contributed by atoms with Crippen LogP contribution in [0.25, 0.3) is 5.57 Å². The SMILES string of the molecule is CN1/C(=C/C=C(/C=C/C2N(C)c3ccccc3C2(C)C)c2ccc(C(=O)O)cn2)C(C)(C)c2ccccc21. The lowest BCUT2D eigenvalue weighted by molar-refractivity contribution is 0.0696. The van der Waals surface area contributed by atoms with E-state index in [9.17, 15) is 9.90 Å². The summed E-state index contributed by atoms with van der Waals surface area (Å²) in [6.45, 7) is 9.06. The fourth-order valence-corrected chi connectivity index (χ4v) is 6.07. The molecule has 194 valence electrons. The molecular formula is C33H35N3O2. The highest BCUT2D eigenvalue weighted by molar-refractivity contribution is 5.87. The Morgan fingerprint density at radius 2 is 1.58 bits per heavy atom. The highest BCUT2D eigenvalue weighted by Crippen LogP contribution is 2.47. The van der Waals surface area contributed by atoms with Crippen LogP contribution < -0.4 is 9.80 Å². The smallest absolute Gasteiger partial charge is 0.337 e. The van der Waals surface area contributed by atoms with Crippen molar-refractivity contribution in [3.63, 3.8) is 0 Å². The van der Waals surface area contributed by atoms with Gasteiger partial charge < -0.3 is 14.9 Å². The summed E-state index contributed by atoms with van der Waals surface area (Å²) in [4.78, 5) is 20.5. The molecule has 0 spiro atoms. The van der Waals surface area contributed by atoms with Crippen LogP contribution in [0.2, 0.25) is 0 Å². The van der Waals surface area contributed by atoms with Crippen molar-refractivity contribution in [3.05, 3.63) is 119 Å². The molecule has 0 bridgehead atoms. The van der Waals surface area contributed by atoms with Crippen molar-refractivity contribution in [3.8, 4) is 0 Å². The topological polar surface area (TPSA) is 56.7 Å². The number of carbonyl (C=O) groups is 1. The van der Waals surface area contributed by atoms with E-state index in [1.807, 2.05) is 0 Å². The normalized spacial score (nSPS) is 20.7. The van der Waals surface area contributed by atoms with E-state index in [-0.39, 0.29) is 22.4 Å². The van der Waals surface area contributed by atoms with Crippen molar-refractivity contribution < 1.29 is 9.90 Å². The Morgan fingerprint density at radius 1 is 0.921 bits per heavy atom. The second-order valence-electron chi connectivity index (χ2n) is 11.3. The molecule has 0 amide bonds. The zero-order valence-electron chi connectivity index (χ0n) is 22.9. The van der Waals surface area contributed by atoms with Crippen LogP contribution in [0.3, 0.4) is 0 Å². The number of para-hydroxylation sites is 2. The van der Waals surface area contributed by atoms with Crippen LogP contribution in [0, 0.1) is 0 Å². The number of hydrogen-bond acceptors (Lipinski definition) is 4. The quantitative estimate of drug-likeness (QED) is 0.385. The first-order valence-corrected chi connectivity index (χ1v) is 13.0. The minimum atomic E-state index is -0.980. The fraction of sp³-hybridized carbons (Fsp3) is 0.273. The van der Waals surface area contributed by atoms with Gasteiger partial charge in [-0.3, -0.25) is 4.98 Å². The summed E-state index contributed by atoms with van der Waals surface area (Å²) < 4.78 is 0. The van der Waals surface area contributed by atoms with Gasteiger partial charge in [-0.15, -0.1) is 0 Å². The number of pyridine rings is 1. The van der Waals surface area contributed by atoms with Gasteiger partial charge in [0, 0.05) is 48.2 Å². The zero-order chi connectivity index (χ0) is 27.2. The van der Waals surface area contributed by atoms with Gasteiger partial charge in [0.2, 0.25) is 0 Å². The highest BCUT2D eigenvalue weighted by atomic mass is 16.4. The molecule has 5 rings (SSSR count). The number of carboxylic acids is 1. The van der Waals surface area contributed by atoms with Gasteiger partial charge in [-0.25, -0.2) is 4.79 Å². The van der Waals surface area contributed by atoms with Gasteiger partial charge in [0.15, 0.2) is 0 Å². The number of fused-ring (bicyclic) bond motifs is 2. The molecule has 3 aromatic rings. The van der Waals surface area contributed by atoms with E-state index in [0.717, 1.165) is 11.3 Å². The Labute approximate surface area is 225 Å². The van der Waals surface area contributed by atoms with Gasteiger partial charge >= 0.3 is 5.97 Å². The van der Waals surface area contributed by atoms with Crippen LogP contribution in [0.5, 0.6) is 0 Å². The first-order chi connectivity index (χ1) is 18.0. The largest absolute Gasteiger partial charge is 0.478 e. The van der Waals surface area contributed by atoms with E-state index in [1.165, 1.54) is 34.4 Å². The van der Waals surface area contributed by atoms with Crippen LogP contribution >= 0.6 is 0 Å². The maximum Gasteiger partial charge on any atom is 0.337 e. The Bertz CT molecular complexity index is 1480. The van der Waals surface area contributed by atoms with Crippen LogP contribution in [-0.2, 0) is 10.8 Å². The maximum atomic E-state index is 11.4. The van der Waals surface area contributed by atoms with E-state index >= 15 is 0 Å². The first kappa shape index (κ1) is 25.5. The number of aromatic carboxylic acids is 1. The Hall–Kier alpha value is -4.12. The molecule has 0 saturated carbocycles. The monoisotopic (exact) mass is 505 g/mol. The van der Waals surface area contributed by atoms with Gasteiger partial charge in [0.1, 0.15) is 0 Å². The molecule has 0 fully saturated rings. The number of benzene rings is 2. The van der Waals surface area contributed by atoms with E-state index in [0.29, 0.717) is 0 Å². The van der Waals surface area contributed by atoms with Crippen molar-refractivity contribution >= 4 is 22.9 Å². The predicted octanol–water partition coefficient (Wildman–Crippen LogP) is 6.83. The van der Waals surface area contributed by atoms with Crippen LogP contribution in [-0.4, -0.2) is 36.2 Å². The summed E-state index contributed by atoms with van der Waals surface area (Å²) in [6, 6.07) is 20.6. The Balaban J connectivity index is 1.56. The minimum Gasteiger partial charge on any atom is -0.478 e. The predicted molar refractivity (Wildman–Crippen MR) is 156 cm³/mol. The lowest BCUT2D eigenvalue weighted by Gasteiger charge is -2.29. The number of rotatable bonds is 5. The van der Waals surface area contributed by atoms with Crippen LogP contribution in [0.15, 0.2) is 96.9 Å². The summed E-state index contributed by atoms with van der Waals surface area (Å²) in [7, 11) is 4.25. The lowest BCUT2D eigenvalue weighted by atomic mass is 9.80. The van der Waals surface area contributed by atoms with E-state index in [2.05, 4.69) is 129 Å². The lowest BCUT2D eigenvalue weighted by Crippen LogP contribution is -2.37. The second-order valence-corrected chi connectivity index (χ2v) is 11.3. The Morgan fingerprint density at radius 3 is 2.18 bits per heavy atom. The van der Waals surface area contributed by atoms with Gasteiger partial charge in [0.05, 0.1) is 17.3 Å². The van der Waals surface area contributed by atoms with Gasteiger partial charge in [-0.05, 0) is 47.0 Å². The van der Waals surface area contributed by atoms with Gasteiger partial charge in [-0.1, -0.05) is 82.3 Å². The number of anilines is 2. The molecule has 0 radical (unpaired) electrons. The third kappa shape index (κ3) is 4.12. The maximum absolute atomic E-state index is 11.4. The van der Waals surface area contributed by atoms with Crippen molar-refractivity contribution in [2.45, 2.75) is 44.6 Å². The molecule has 1 aromatic heterocycles. The molecule has 38 heavy (non-hydrogen) atoms. The molecule has 0 aliphatic carbocycles. The number of nitrogens with zero attached hydrogens (tertiary/aromatic N) is 3. The van der Waals surface area contributed by atoms with Crippen LogP contribution in [0.1, 0.15) is 54.9 Å². The third-order valence-electron chi connectivity index (χ3n) is 8.26. The van der Waals surface area contributed by atoms with E-state index < -0.39 is 5.97 Å². The molecule has 5 heteroatoms. The van der Waals surface area contributed by atoms with Gasteiger partial charge in [-0.2, -0.15) is 0 Å². The second kappa shape index (κ2) is 9.32. The third-order valence-corrected chi connectivity index (χ3v) is 8.26. The summed E-state index contributed by atoms with van der Waals surface area (Å²) in [5, 5.41) is 9.36. The van der Waals surface area contributed by atoms with Gasteiger partial charge in [0.25, 0.3) is 0 Å². The molecule has 0 saturated heterocycles. The average Bonchev–Trinajstić information content (AvgIpc) is 3.22. The van der Waals surface area contributed by atoms with E-state index in [1.54, 1.807) is 12.1 Å². The minimum absolute atomic E-state index is 0.0681. The fourth-order valence-electron chi connectivity index (χ4n) is 6.07. The number of carboxylic acid groups (broad SMARTS) is 1. The number of allylic oxidation sites excluding steroid dienone is 5. The molecule has 2 aromatic carbocycles. The number of hydrogen-bond donors (Lipinski definition) is 1. The molecule has 3 heterocycles. The molecule has 2 aliphatic rings. The molecule has 1 unspecified atom stereocenters. The molecular weight excluding hydrogens is 470 g/mol. The standard InChI is InChI=1S/C33H35N3O2/c1-32(2)24-11-7-9-13-27(24)35(5)29(32)19-16-22(26-18-15-23(21-34-26)31(37)38)17-20-30-33(3,4)25-12-8-10-14-28(25)36(30)6/h7-21,29H,1-6H3,(H,37,38)/b19-16+,22-17-,30-20+. The molecule has 2 aliphatic heterocycles. The average molecular weight is 506 g/mol. The Kier molecular flexibility index (Phi) is 6.26. The summed E-state index contributed by atoms with van der Waals surface area (Å²) >= 11 is 0. The zero-order valence-corrected chi connectivity index (χ0v) is 22.9. The first-order valence-electron chi connectivity index (χ1n) is 13.0. The molecule has 1 N–H and O–H groups in total. The summed E-state index contributed by atoms with van der Waals surface area (Å²) in [5.41, 5.74) is 7.91. The van der Waals surface area contributed by atoms with Crippen molar-refractivity contribution in [2.24, 2.45) is 0 Å². The van der Waals surface area contributed by atoms with E-state index in [4.69, 9.17) is 0 Å². The molecule has 5 nitrogen and oxygen atoms in total. The van der Waals surface area contributed by atoms with Crippen molar-refractivity contribution in [2.75, 3.05) is 23.9 Å². The highest BCUT2D eigenvalue weighted by Gasteiger charge is 2.41.